The van der Waals surface area contributed by atoms with Crippen LogP contribution in [0.25, 0.3) is 10.9 Å². The zero-order chi connectivity index (χ0) is 18.1. The third kappa shape index (κ3) is 3.53. The molecule has 1 heterocycles. The van der Waals surface area contributed by atoms with E-state index in [1.807, 2.05) is 6.07 Å². The molecule has 0 saturated carbocycles. The molecular weight excluding hydrogens is 369 g/mol. The number of aromatic nitrogens is 1. The maximum absolute atomic E-state index is 12.1. The van der Waals surface area contributed by atoms with Crippen molar-refractivity contribution < 1.29 is 4.79 Å². The fraction of sp³-hybridized carbons (Fsp3) is 0.250. The Morgan fingerprint density at radius 2 is 1.88 bits per heavy atom. The SMILES string of the molecule is O=C(NCc1ccc2[nH]c3c(c2c1)CCCC3)Nc1ccc(Cl)c(Cl)c1. The first-order valence-electron chi connectivity index (χ1n) is 8.72. The summed E-state index contributed by atoms with van der Waals surface area (Å²) in [5.74, 6) is 0. The zero-order valence-electron chi connectivity index (χ0n) is 14.2. The number of H-pyrrole nitrogens is 1. The molecule has 0 spiro atoms. The average Bonchev–Trinajstić information content (AvgIpc) is 3.01. The van der Waals surface area contributed by atoms with Crippen molar-refractivity contribution in [3.63, 3.8) is 0 Å². The number of hydrogen-bond acceptors (Lipinski definition) is 1. The van der Waals surface area contributed by atoms with E-state index in [1.54, 1.807) is 18.2 Å². The van der Waals surface area contributed by atoms with E-state index in [2.05, 4.69) is 27.8 Å². The molecule has 3 aromatic rings. The predicted molar refractivity (Wildman–Crippen MR) is 107 cm³/mol. The highest BCUT2D eigenvalue weighted by Gasteiger charge is 2.15. The van der Waals surface area contributed by atoms with Gasteiger partial charge in [0.2, 0.25) is 0 Å². The van der Waals surface area contributed by atoms with Crippen LogP contribution >= 0.6 is 23.2 Å². The van der Waals surface area contributed by atoms with E-state index in [-0.39, 0.29) is 6.03 Å². The minimum atomic E-state index is -0.278. The van der Waals surface area contributed by atoms with E-state index < -0.39 is 0 Å². The molecule has 4 rings (SSSR count). The molecule has 0 radical (unpaired) electrons. The van der Waals surface area contributed by atoms with Crippen LogP contribution in [0.4, 0.5) is 10.5 Å². The van der Waals surface area contributed by atoms with Crippen LogP contribution in [0.5, 0.6) is 0 Å². The lowest BCUT2D eigenvalue weighted by molar-refractivity contribution is 0.251. The van der Waals surface area contributed by atoms with Gasteiger partial charge in [0.05, 0.1) is 10.0 Å². The van der Waals surface area contributed by atoms with E-state index in [1.165, 1.54) is 35.0 Å². The van der Waals surface area contributed by atoms with Gasteiger partial charge in [-0.15, -0.1) is 0 Å². The van der Waals surface area contributed by atoms with Crippen LogP contribution < -0.4 is 10.6 Å². The third-order valence-corrected chi connectivity index (χ3v) is 5.53. The molecular formula is C20H19Cl2N3O. The Bertz CT molecular complexity index is 981. The molecule has 4 nitrogen and oxygen atoms in total. The molecule has 134 valence electrons. The standard InChI is InChI=1S/C20H19Cl2N3O/c21-16-7-6-13(10-17(16)22)24-20(26)23-11-12-5-8-19-15(9-12)14-3-1-2-4-18(14)25-19/h5-10,25H,1-4,11H2,(H2,23,24,26). The van der Waals surface area contributed by atoms with Crippen molar-refractivity contribution in [1.29, 1.82) is 0 Å². The van der Waals surface area contributed by atoms with Gasteiger partial charge in [0, 0.05) is 28.8 Å². The third-order valence-electron chi connectivity index (χ3n) is 4.79. The summed E-state index contributed by atoms with van der Waals surface area (Å²) in [6, 6.07) is 11.0. The lowest BCUT2D eigenvalue weighted by Crippen LogP contribution is -2.28. The highest BCUT2D eigenvalue weighted by Crippen LogP contribution is 2.29. The van der Waals surface area contributed by atoms with Crippen molar-refractivity contribution in [2.75, 3.05) is 5.32 Å². The number of hydrogen-bond donors (Lipinski definition) is 3. The van der Waals surface area contributed by atoms with Crippen LogP contribution in [-0.4, -0.2) is 11.0 Å². The smallest absolute Gasteiger partial charge is 0.319 e. The van der Waals surface area contributed by atoms with E-state index in [0.29, 0.717) is 22.3 Å². The van der Waals surface area contributed by atoms with Crippen LogP contribution in [0.1, 0.15) is 29.7 Å². The maximum atomic E-state index is 12.1. The number of urea groups is 1. The minimum Gasteiger partial charge on any atom is -0.358 e. The monoisotopic (exact) mass is 387 g/mol. The topological polar surface area (TPSA) is 56.9 Å². The van der Waals surface area contributed by atoms with Gasteiger partial charge in [0.15, 0.2) is 0 Å². The van der Waals surface area contributed by atoms with Gasteiger partial charge >= 0.3 is 6.03 Å². The lowest BCUT2D eigenvalue weighted by atomic mass is 9.95. The van der Waals surface area contributed by atoms with Crippen molar-refractivity contribution in [2.24, 2.45) is 0 Å². The molecule has 0 unspecified atom stereocenters. The van der Waals surface area contributed by atoms with E-state index in [4.69, 9.17) is 23.2 Å². The Hall–Kier alpha value is -2.17. The van der Waals surface area contributed by atoms with Crippen LogP contribution in [0.15, 0.2) is 36.4 Å². The molecule has 1 aliphatic carbocycles. The summed E-state index contributed by atoms with van der Waals surface area (Å²) in [7, 11) is 0. The second kappa shape index (κ2) is 7.22. The van der Waals surface area contributed by atoms with Gasteiger partial charge in [-0.05, 0) is 67.1 Å². The van der Waals surface area contributed by atoms with Crippen LogP contribution in [-0.2, 0) is 19.4 Å². The number of rotatable bonds is 3. The van der Waals surface area contributed by atoms with Crippen LogP contribution in [0.2, 0.25) is 10.0 Å². The minimum absolute atomic E-state index is 0.278. The first kappa shape index (κ1) is 17.3. The average molecular weight is 388 g/mol. The highest BCUT2D eigenvalue weighted by atomic mass is 35.5. The molecule has 1 aliphatic rings. The fourth-order valence-corrected chi connectivity index (χ4v) is 3.79. The summed E-state index contributed by atoms with van der Waals surface area (Å²) in [6.07, 6.45) is 4.76. The molecule has 6 heteroatoms. The number of halogens is 2. The Balaban J connectivity index is 1.43. The molecule has 0 fully saturated rings. The largest absolute Gasteiger partial charge is 0.358 e. The van der Waals surface area contributed by atoms with Gasteiger partial charge in [-0.25, -0.2) is 4.79 Å². The van der Waals surface area contributed by atoms with E-state index in [0.717, 1.165) is 18.4 Å². The summed E-state index contributed by atoms with van der Waals surface area (Å²) in [5.41, 5.74) is 5.67. The Morgan fingerprint density at radius 3 is 2.73 bits per heavy atom. The summed E-state index contributed by atoms with van der Waals surface area (Å²) < 4.78 is 0. The molecule has 26 heavy (non-hydrogen) atoms. The molecule has 0 aliphatic heterocycles. The number of fused-ring (bicyclic) bond motifs is 3. The summed E-state index contributed by atoms with van der Waals surface area (Å²) >= 11 is 11.9. The molecule has 0 saturated heterocycles. The molecule has 2 aromatic carbocycles. The van der Waals surface area contributed by atoms with Gasteiger partial charge in [-0.3, -0.25) is 0 Å². The van der Waals surface area contributed by atoms with Gasteiger partial charge in [0.25, 0.3) is 0 Å². The highest BCUT2D eigenvalue weighted by molar-refractivity contribution is 6.42. The number of benzene rings is 2. The fourth-order valence-electron chi connectivity index (χ4n) is 3.49. The Labute approximate surface area is 161 Å². The summed E-state index contributed by atoms with van der Waals surface area (Å²) in [6.45, 7) is 0.461. The molecule has 1 aromatic heterocycles. The first-order chi connectivity index (χ1) is 12.6. The van der Waals surface area contributed by atoms with Crippen molar-refractivity contribution >= 4 is 45.8 Å². The van der Waals surface area contributed by atoms with Crippen molar-refractivity contribution in [1.82, 2.24) is 10.3 Å². The van der Waals surface area contributed by atoms with Gasteiger partial charge < -0.3 is 15.6 Å². The van der Waals surface area contributed by atoms with Gasteiger partial charge in [-0.2, -0.15) is 0 Å². The zero-order valence-corrected chi connectivity index (χ0v) is 15.7. The normalized spacial score (nSPS) is 13.5. The number of amides is 2. The van der Waals surface area contributed by atoms with Crippen molar-refractivity contribution in [3.8, 4) is 0 Å². The van der Waals surface area contributed by atoms with Gasteiger partial charge in [-0.1, -0.05) is 29.3 Å². The van der Waals surface area contributed by atoms with Crippen molar-refractivity contribution in [3.05, 3.63) is 63.3 Å². The Morgan fingerprint density at radius 1 is 1.04 bits per heavy atom. The summed E-state index contributed by atoms with van der Waals surface area (Å²) in [5, 5.41) is 7.79. The number of aromatic amines is 1. The predicted octanol–water partition coefficient (Wildman–Crippen LogP) is 5.68. The number of nitrogens with one attached hydrogen (secondary N) is 3. The van der Waals surface area contributed by atoms with E-state index >= 15 is 0 Å². The van der Waals surface area contributed by atoms with E-state index in [9.17, 15) is 4.79 Å². The number of carbonyl (C=O) groups excluding carboxylic acids is 1. The number of anilines is 1. The van der Waals surface area contributed by atoms with Crippen LogP contribution in [0, 0.1) is 0 Å². The second-order valence-corrected chi connectivity index (χ2v) is 7.42. The molecule has 3 N–H and O–H groups in total. The first-order valence-corrected chi connectivity index (χ1v) is 9.48. The molecule has 0 bridgehead atoms. The second-order valence-electron chi connectivity index (χ2n) is 6.61. The number of carbonyl (C=O) groups is 1. The van der Waals surface area contributed by atoms with Crippen molar-refractivity contribution in [2.45, 2.75) is 32.2 Å². The molecule has 0 atom stereocenters. The maximum Gasteiger partial charge on any atom is 0.319 e. The number of aryl methyl sites for hydroxylation is 2. The summed E-state index contributed by atoms with van der Waals surface area (Å²) in [4.78, 5) is 15.7. The lowest BCUT2D eigenvalue weighted by Gasteiger charge is -2.11. The van der Waals surface area contributed by atoms with Crippen LogP contribution in [0.3, 0.4) is 0 Å². The molecule has 2 amide bonds. The van der Waals surface area contributed by atoms with Gasteiger partial charge in [0.1, 0.15) is 0 Å². The Kier molecular flexibility index (Phi) is 4.79. The quantitative estimate of drug-likeness (QED) is 0.532.